The van der Waals surface area contributed by atoms with Crippen molar-refractivity contribution in [3.8, 4) is 5.75 Å². The fraction of sp³-hybridized carbons (Fsp3) is 0.333. The molecule has 1 aliphatic rings. The molecule has 2 aromatic carbocycles. The normalized spacial score (nSPS) is 14.0. The molecule has 6 heteroatoms. The van der Waals surface area contributed by atoms with Crippen LogP contribution in [0.5, 0.6) is 5.75 Å². The molecule has 0 bridgehead atoms. The lowest BCUT2D eigenvalue weighted by Crippen LogP contribution is -2.50. The second-order valence-electron chi connectivity index (χ2n) is 6.44. The summed E-state index contributed by atoms with van der Waals surface area (Å²) in [7, 11) is 0. The van der Waals surface area contributed by atoms with Crippen LogP contribution >= 0.6 is 12.2 Å². The number of carbonyl (C=O) groups excluding carboxylic acids is 1. The minimum atomic E-state index is 0.0474. The number of hydrogen-bond donors (Lipinski definition) is 1. The molecule has 2 aromatic rings. The summed E-state index contributed by atoms with van der Waals surface area (Å²) in [4.78, 5) is 16.0. The van der Waals surface area contributed by atoms with Crippen LogP contribution in [0.25, 0.3) is 0 Å². The van der Waals surface area contributed by atoms with Crippen LogP contribution in [-0.4, -0.2) is 48.6 Å². The fourth-order valence-corrected chi connectivity index (χ4v) is 3.47. The van der Waals surface area contributed by atoms with Crippen LogP contribution in [0.2, 0.25) is 0 Å². The number of anilines is 2. The average molecular weight is 384 g/mol. The quantitative estimate of drug-likeness (QED) is 0.626. The molecule has 0 aliphatic carbocycles. The van der Waals surface area contributed by atoms with E-state index in [1.165, 1.54) is 0 Å². The minimum Gasteiger partial charge on any atom is -0.492 e. The van der Waals surface area contributed by atoms with Crippen molar-refractivity contribution < 1.29 is 9.53 Å². The minimum absolute atomic E-state index is 0.0474. The van der Waals surface area contributed by atoms with E-state index in [0.29, 0.717) is 17.3 Å². The van der Waals surface area contributed by atoms with E-state index >= 15 is 0 Å². The van der Waals surface area contributed by atoms with Crippen molar-refractivity contribution in [2.24, 2.45) is 0 Å². The summed E-state index contributed by atoms with van der Waals surface area (Å²) in [5.74, 6) is 0.973. The van der Waals surface area contributed by atoms with E-state index in [1.54, 1.807) is 6.92 Å². The van der Waals surface area contributed by atoms with Crippen molar-refractivity contribution in [3.63, 3.8) is 0 Å². The van der Waals surface area contributed by atoms with E-state index in [9.17, 15) is 4.79 Å². The Morgan fingerprint density at radius 1 is 1.11 bits per heavy atom. The third-order valence-electron chi connectivity index (χ3n) is 4.59. The van der Waals surface area contributed by atoms with Gasteiger partial charge in [0.1, 0.15) is 5.75 Å². The van der Waals surface area contributed by atoms with Gasteiger partial charge in [0.25, 0.3) is 0 Å². The molecule has 0 radical (unpaired) electrons. The Hall–Kier alpha value is -2.60. The number of carbonyl (C=O) groups is 1. The number of benzene rings is 2. The first-order valence-corrected chi connectivity index (χ1v) is 9.63. The summed E-state index contributed by atoms with van der Waals surface area (Å²) in [5, 5.41) is 3.94. The number of thiocarbonyl (C=S) groups is 1. The zero-order valence-electron chi connectivity index (χ0n) is 15.8. The second kappa shape index (κ2) is 8.86. The van der Waals surface area contributed by atoms with Crippen LogP contribution in [0.15, 0.2) is 48.5 Å². The zero-order valence-corrected chi connectivity index (χ0v) is 16.6. The largest absolute Gasteiger partial charge is 0.492 e. The Balaban J connectivity index is 1.60. The summed E-state index contributed by atoms with van der Waals surface area (Å²) in [6.07, 6.45) is 0. The molecule has 1 heterocycles. The van der Waals surface area contributed by atoms with Crippen LogP contribution in [-0.2, 0) is 0 Å². The Morgan fingerprint density at radius 3 is 2.56 bits per heavy atom. The van der Waals surface area contributed by atoms with Crippen LogP contribution < -0.4 is 15.0 Å². The van der Waals surface area contributed by atoms with Crippen LogP contribution in [0, 0.1) is 0 Å². The number of piperazine rings is 1. The fourth-order valence-electron chi connectivity index (χ4n) is 3.16. The van der Waals surface area contributed by atoms with Gasteiger partial charge in [0.15, 0.2) is 10.9 Å². The maximum Gasteiger partial charge on any atom is 0.173 e. The Labute approximate surface area is 165 Å². The van der Waals surface area contributed by atoms with Crippen LogP contribution in [0.1, 0.15) is 24.2 Å². The molecule has 0 unspecified atom stereocenters. The molecule has 0 atom stereocenters. The first-order chi connectivity index (χ1) is 13.1. The first kappa shape index (κ1) is 19.2. The molecule has 1 saturated heterocycles. The van der Waals surface area contributed by atoms with E-state index in [1.807, 2.05) is 49.4 Å². The molecule has 1 N–H and O–H groups in total. The highest BCUT2D eigenvalue weighted by Gasteiger charge is 2.21. The van der Waals surface area contributed by atoms with E-state index in [0.717, 1.165) is 43.3 Å². The number of ketones is 1. The summed E-state index contributed by atoms with van der Waals surface area (Å²) < 4.78 is 5.75. The third-order valence-corrected chi connectivity index (χ3v) is 4.95. The summed E-state index contributed by atoms with van der Waals surface area (Å²) >= 11 is 5.57. The van der Waals surface area contributed by atoms with Gasteiger partial charge in [0.05, 0.1) is 12.3 Å². The lowest BCUT2D eigenvalue weighted by Gasteiger charge is -2.38. The molecule has 27 heavy (non-hydrogen) atoms. The van der Waals surface area contributed by atoms with E-state index < -0.39 is 0 Å². The molecule has 142 valence electrons. The maximum absolute atomic E-state index is 11.5. The number of ether oxygens (including phenoxy) is 1. The second-order valence-corrected chi connectivity index (χ2v) is 6.83. The lowest BCUT2D eigenvalue weighted by atomic mass is 10.1. The van der Waals surface area contributed by atoms with E-state index in [-0.39, 0.29) is 5.78 Å². The average Bonchev–Trinajstić information content (AvgIpc) is 2.69. The van der Waals surface area contributed by atoms with Gasteiger partial charge in [0.2, 0.25) is 0 Å². The Morgan fingerprint density at radius 2 is 1.85 bits per heavy atom. The lowest BCUT2D eigenvalue weighted by molar-refractivity contribution is 0.101. The summed E-state index contributed by atoms with van der Waals surface area (Å²) in [5.41, 5.74) is 2.66. The van der Waals surface area contributed by atoms with Crippen molar-refractivity contribution >= 4 is 34.5 Å². The highest BCUT2D eigenvalue weighted by molar-refractivity contribution is 7.80. The Bertz CT molecular complexity index is 817. The summed E-state index contributed by atoms with van der Waals surface area (Å²) in [6, 6.07) is 15.6. The van der Waals surface area contributed by atoms with Gasteiger partial charge in [-0.05, 0) is 50.3 Å². The molecule has 0 saturated carbocycles. The van der Waals surface area contributed by atoms with Crippen molar-refractivity contribution in [2.45, 2.75) is 13.8 Å². The van der Waals surface area contributed by atoms with Gasteiger partial charge in [-0.25, -0.2) is 0 Å². The molecular weight excluding hydrogens is 358 g/mol. The smallest absolute Gasteiger partial charge is 0.173 e. The number of para-hydroxylation sites is 2. The van der Waals surface area contributed by atoms with Gasteiger partial charge in [-0.1, -0.05) is 24.3 Å². The first-order valence-electron chi connectivity index (χ1n) is 9.22. The predicted molar refractivity (Wildman–Crippen MR) is 114 cm³/mol. The Kier molecular flexibility index (Phi) is 6.29. The SMILES string of the molecule is CCOc1ccccc1N1CCN(C(=S)Nc2cccc(C(C)=O)c2)CC1. The third kappa shape index (κ3) is 4.77. The number of nitrogens with one attached hydrogen (secondary N) is 1. The molecule has 5 nitrogen and oxygen atoms in total. The monoisotopic (exact) mass is 383 g/mol. The molecule has 0 aromatic heterocycles. The molecule has 3 rings (SSSR count). The molecule has 1 aliphatic heterocycles. The number of hydrogen-bond acceptors (Lipinski definition) is 4. The van der Waals surface area contributed by atoms with Crippen LogP contribution in [0.4, 0.5) is 11.4 Å². The van der Waals surface area contributed by atoms with Crippen molar-refractivity contribution in [1.82, 2.24) is 4.90 Å². The van der Waals surface area contributed by atoms with E-state index in [2.05, 4.69) is 21.2 Å². The van der Waals surface area contributed by atoms with Gasteiger partial charge in [-0.15, -0.1) is 0 Å². The van der Waals surface area contributed by atoms with Gasteiger partial charge >= 0.3 is 0 Å². The number of Topliss-reactive ketones (excluding diaryl/α,β-unsaturated/α-hetero) is 1. The number of rotatable bonds is 5. The van der Waals surface area contributed by atoms with Crippen molar-refractivity contribution in [1.29, 1.82) is 0 Å². The molecule has 0 spiro atoms. The van der Waals surface area contributed by atoms with Gasteiger partial charge in [0, 0.05) is 37.4 Å². The summed E-state index contributed by atoms with van der Waals surface area (Å²) in [6.45, 7) is 7.64. The van der Waals surface area contributed by atoms with Gasteiger partial charge in [-0.2, -0.15) is 0 Å². The highest BCUT2D eigenvalue weighted by Crippen LogP contribution is 2.28. The van der Waals surface area contributed by atoms with Gasteiger partial charge in [-0.3, -0.25) is 4.79 Å². The maximum atomic E-state index is 11.5. The van der Waals surface area contributed by atoms with Crippen molar-refractivity contribution in [3.05, 3.63) is 54.1 Å². The zero-order chi connectivity index (χ0) is 19.2. The predicted octanol–water partition coefficient (Wildman–Crippen LogP) is 3.81. The molecular formula is C21H25N3O2S. The standard InChI is InChI=1S/C21H25N3O2S/c1-3-26-20-10-5-4-9-19(20)23-11-13-24(14-12-23)21(27)22-18-8-6-7-17(15-18)16(2)25/h4-10,15H,3,11-14H2,1-2H3,(H,22,27). The van der Waals surface area contributed by atoms with Crippen LogP contribution in [0.3, 0.4) is 0 Å². The van der Waals surface area contributed by atoms with Gasteiger partial charge < -0.3 is 19.9 Å². The van der Waals surface area contributed by atoms with E-state index in [4.69, 9.17) is 17.0 Å². The molecule has 0 amide bonds. The molecule has 1 fully saturated rings. The number of nitrogens with zero attached hydrogens (tertiary/aromatic N) is 2. The topological polar surface area (TPSA) is 44.8 Å². The highest BCUT2D eigenvalue weighted by atomic mass is 32.1. The van der Waals surface area contributed by atoms with Crippen molar-refractivity contribution in [2.75, 3.05) is 43.0 Å².